The molecule has 7 aromatic carbocycles. The van der Waals surface area contributed by atoms with Crippen LogP contribution < -0.4 is 4.90 Å². The summed E-state index contributed by atoms with van der Waals surface area (Å²) in [7, 11) is 0. The first kappa shape index (κ1) is 34.2. The lowest BCUT2D eigenvalue weighted by Crippen LogP contribution is -2.55. The highest BCUT2D eigenvalue weighted by Crippen LogP contribution is 2.70. The Kier molecular flexibility index (Phi) is 7.49. The first-order valence-electron chi connectivity index (χ1n) is 22.7. The molecule has 0 heterocycles. The molecular weight excluding hydrogens is 711 g/mol. The Hall–Kier alpha value is -5.66. The van der Waals surface area contributed by atoms with Crippen molar-refractivity contribution in [2.45, 2.75) is 75.0 Å². The number of benzene rings is 7. The van der Waals surface area contributed by atoms with E-state index in [-0.39, 0.29) is 10.8 Å². The molecule has 0 atom stereocenters. The zero-order chi connectivity index (χ0) is 38.7. The van der Waals surface area contributed by atoms with Gasteiger partial charge in [-0.2, -0.15) is 0 Å². The number of rotatable bonds is 5. The van der Waals surface area contributed by atoms with Gasteiger partial charge >= 0.3 is 0 Å². The summed E-state index contributed by atoms with van der Waals surface area (Å²) in [5, 5.41) is 0. The molecule has 0 amide bonds. The van der Waals surface area contributed by atoms with Crippen molar-refractivity contribution in [2.24, 2.45) is 23.7 Å². The third kappa shape index (κ3) is 4.79. The first-order chi connectivity index (χ1) is 29.2. The molecule has 14 rings (SSSR count). The highest BCUT2D eigenvalue weighted by molar-refractivity contribution is 6.00. The summed E-state index contributed by atoms with van der Waals surface area (Å²) in [6, 6.07) is 63.1. The molecule has 0 aromatic heterocycles. The maximum Gasteiger partial charge on any atom is 0.0543 e. The number of hydrogen-bond donors (Lipinski definition) is 0. The molecular formula is C58H51N. The molecule has 288 valence electrons. The van der Waals surface area contributed by atoms with Gasteiger partial charge in [0, 0.05) is 27.6 Å². The zero-order valence-corrected chi connectivity index (χ0v) is 33.9. The molecule has 59 heavy (non-hydrogen) atoms. The molecule has 4 bridgehead atoms. The Morgan fingerprint density at radius 3 is 1.47 bits per heavy atom. The van der Waals surface area contributed by atoms with E-state index in [1.807, 2.05) is 0 Å². The molecule has 0 aliphatic heterocycles. The van der Waals surface area contributed by atoms with E-state index in [0.717, 1.165) is 23.7 Å². The van der Waals surface area contributed by atoms with Gasteiger partial charge in [0.2, 0.25) is 0 Å². The van der Waals surface area contributed by atoms with Gasteiger partial charge in [0.25, 0.3) is 0 Å². The van der Waals surface area contributed by atoms with Gasteiger partial charge in [-0.25, -0.2) is 0 Å². The van der Waals surface area contributed by atoms with Gasteiger partial charge in [-0.15, -0.1) is 0 Å². The summed E-state index contributed by atoms with van der Waals surface area (Å²) < 4.78 is 0. The van der Waals surface area contributed by atoms with Crippen LogP contribution in [0.1, 0.15) is 86.5 Å². The van der Waals surface area contributed by atoms with Crippen LogP contribution in [0.4, 0.5) is 17.1 Å². The Labute approximate surface area is 349 Å². The number of fused-ring (bicyclic) bond motifs is 8. The van der Waals surface area contributed by atoms with Crippen LogP contribution in [0.5, 0.6) is 0 Å². The van der Waals surface area contributed by atoms with Crippen LogP contribution in [0.2, 0.25) is 0 Å². The van der Waals surface area contributed by atoms with Gasteiger partial charge < -0.3 is 4.90 Å². The summed E-state index contributed by atoms with van der Waals surface area (Å²) in [6.45, 7) is 0. The average Bonchev–Trinajstić information content (AvgIpc) is 3.74. The molecule has 5 fully saturated rings. The molecule has 2 spiro atoms. The molecule has 0 unspecified atom stereocenters. The Bertz CT molecular complexity index is 2720. The van der Waals surface area contributed by atoms with Gasteiger partial charge in [-0.1, -0.05) is 159 Å². The fourth-order valence-electron chi connectivity index (χ4n) is 14.4. The average molecular weight is 762 g/mol. The number of nitrogens with zero attached hydrogens (tertiary/aromatic N) is 1. The lowest BCUT2D eigenvalue weighted by Gasteiger charge is -2.61. The summed E-state index contributed by atoms with van der Waals surface area (Å²) in [6.07, 6.45) is 13.5. The van der Waals surface area contributed by atoms with E-state index >= 15 is 0 Å². The molecule has 0 N–H and O–H groups in total. The second-order valence-electron chi connectivity index (χ2n) is 19.1. The third-order valence-electron chi connectivity index (χ3n) is 16.5. The molecule has 7 aromatic rings. The van der Waals surface area contributed by atoms with Gasteiger partial charge in [0.1, 0.15) is 0 Å². The monoisotopic (exact) mass is 761 g/mol. The van der Waals surface area contributed by atoms with Crippen LogP contribution in [-0.2, 0) is 10.8 Å². The fraction of sp³-hybridized carbons (Fsp3) is 0.276. The topological polar surface area (TPSA) is 3.24 Å². The van der Waals surface area contributed by atoms with E-state index in [1.54, 1.807) is 22.3 Å². The van der Waals surface area contributed by atoms with Crippen molar-refractivity contribution in [3.8, 4) is 44.5 Å². The van der Waals surface area contributed by atoms with Crippen molar-refractivity contribution in [3.05, 3.63) is 186 Å². The second-order valence-corrected chi connectivity index (χ2v) is 19.1. The first-order valence-corrected chi connectivity index (χ1v) is 22.7. The fourth-order valence-corrected chi connectivity index (χ4v) is 14.4. The van der Waals surface area contributed by atoms with E-state index in [0.29, 0.717) is 0 Å². The third-order valence-corrected chi connectivity index (χ3v) is 16.5. The molecule has 1 heteroatoms. The summed E-state index contributed by atoms with van der Waals surface area (Å²) in [4.78, 5) is 2.68. The standard InChI is InChI=1S/C58H51N/c1-3-13-40(14-4-1)41-23-25-42(26-24-41)43-27-29-46(30-28-43)59(53-21-11-19-51-55(53)47-15-5-7-17-49(47)57(51)31-9-2-10-32-57)54-22-12-20-52-56(54)48-16-6-8-18-50(48)58(52)44-34-38-33-39(36-44)37-45(58)35-38/h1,3-8,11-30,38-39,44-45H,2,9-10,31-37H2. The van der Waals surface area contributed by atoms with E-state index < -0.39 is 0 Å². The minimum Gasteiger partial charge on any atom is -0.309 e. The molecule has 1 nitrogen and oxygen atoms in total. The zero-order valence-electron chi connectivity index (χ0n) is 33.9. The molecule has 7 aliphatic rings. The molecule has 0 saturated heterocycles. The lowest BCUT2D eigenvalue weighted by molar-refractivity contribution is -0.0399. The predicted octanol–water partition coefficient (Wildman–Crippen LogP) is 15.4. The van der Waals surface area contributed by atoms with Gasteiger partial charge in [-0.05, 0) is 149 Å². The smallest absolute Gasteiger partial charge is 0.0543 e. The SMILES string of the molecule is c1ccc(-c2ccc(-c3ccc(N(c4cccc5c4-c4ccccc4C54CCCCC4)c4cccc5c4-c4ccccc4C54C5CC6CC(C5)CC4C6)cc3)cc2)cc1. The maximum atomic E-state index is 2.68. The largest absolute Gasteiger partial charge is 0.309 e. The van der Waals surface area contributed by atoms with Crippen LogP contribution >= 0.6 is 0 Å². The summed E-state index contributed by atoms with van der Waals surface area (Å²) in [5.74, 6) is 3.31. The lowest BCUT2D eigenvalue weighted by atomic mass is 9.43. The second kappa shape index (κ2) is 12.9. The minimum absolute atomic E-state index is 0.0945. The highest BCUT2D eigenvalue weighted by Gasteiger charge is 2.62. The van der Waals surface area contributed by atoms with Crippen LogP contribution in [0.3, 0.4) is 0 Å². The Balaban J connectivity index is 1.02. The van der Waals surface area contributed by atoms with E-state index in [1.165, 1.54) is 126 Å². The Morgan fingerprint density at radius 1 is 0.373 bits per heavy atom. The van der Waals surface area contributed by atoms with Gasteiger partial charge in [0.15, 0.2) is 0 Å². The van der Waals surface area contributed by atoms with Crippen LogP contribution in [0, 0.1) is 23.7 Å². The summed E-state index contributed by atoms with van der Waals surface area (Å²) in [5.41, 5.74) is 21.2. The van der Waals surface area contributed by atoms with Crippen molar-refractivity contribution >= 4 is 17.1 Å². The quantitative estimate of drug-likeness (QED) is 0.169. The van der Waals surface area contributed by atoms with E-state index in [4.69, 9.17) is 0 Å². The highest BCUT2D eigenvalue weighted by atomic mass is 15.1. The van der Waals surface area contributed by atoms with Crippen LogP contribution in [0.15, 0.2) is 164 Å². The number of hydrogen-bond acceptors (Lipinski definition) is 1. The van der Waals surface area contributed by atoms with E-state index in [2.05, 4.69) is 169 Å². The van der Waals surface area contributed by atoms with Gasteiger partial charge in [0.05, 0.1) is 11.4 Å². The normalized spacial score (nSPS) is 24.8. The Morgan fingerprint density at radius 2 is 0.847 bits per heavy atom. The number of anilines is 3. The van der Waals surface area contributed by atoms with Crippen molar-refractivity contribution < 1.29 is 0 Å². The maximum absolute atomic E-state index is 2.68. The van der Waals surface area contributed by atoms with Crippen molar-refractivity contribution in [2.75, 3.05) is 4.90 Å². The van der Waals surface area contributed by atoms with E-state index in [9.17, 15) is 0 Å². The minimum atomic E-state index is 0.0945. The van der Waals surface area contributed by atoms with Crippen molar-refractivity contribution in [1.29, 1.82) is 0 Å². The molecule has 7 aliphatic carbocycles. The summed E-state index contributed by atoms with van der Waals surface area (Å²) >= 11 is 0. The van der Waals surface area contributed by atoms with Gasteiger partial charge in [-0.3, -0.25) is 0 Å². The van der Waals surface area contributed by atoms with Crippen LogP contribution in [-0.4, -0.2) is 0 Å². The van der Waals surface area contributed by atoms with Crippen LogP contribution in [0.25, 0.3) is 44.5 Å². The predicted molar refractivity (Wildman–Crippen MR) is 245 cm³/mol. The van der Waals surface area contributed by atoms with Crippen molar-refractivity contribution in [1.82, 2.24) is 0 Å². The molecule has 5 saturated carbocycles. The molecule has 0 radical (unpaired) electrons. The van der Waals surface area contributed by atoms with Crippen molar-refractivity contribution in [3.63, 3.8) is 0 Å².